The van der Waals surface area contributed by atoms with Gasteiger partial charge in [0.1, 0.15) is 17.2 Å². The summed E-state index contributed by atoms with van der Waals surface area (Å²) in [6, 6.07) is 21.2. The molecule has 0 unspecified atom stereocenters. The molecule has 0 fully saturated rings. The van der Waals surface area contributed by atoms with Gasteiger partial charge in [-0.25, -0.2) is 14.0 Å². The van der Waals surface area contributed by atoms with Crippen molar-refractivity contribution in [1.82, 2.24) is 0 Å². The van der Waals surface area contributed by atoms with E-state index in [4.69, 9.17) is 14.2 Å². The molecule has 0 radical (unpaired) electrons. The van der Waals surface area contributed by atoms with E-state index in [-0.39, 0.29) is 12.2 Å². The maximum atomic E-state index is 14.1. The Bertz CT molecular complexity index is 1170. The highest BCUT2D eigenvalue weighted by Gasteiger charge is 2.19. The van der Waals surface area contributed by atoms with Gasteiger partial charge >= 0.3 is 11.9 Å². The molecule has 3 aromatic carbocycles. The van der Waals surface area contributed by atoms with Crippen molar-refractivity contribution in [2.24, 2.45) is 0 Å². The first-order valence-corrected chi connectivity index (χ1v) is 15.0. The van der Waals surface area contributed by atoms with Crippen LogP contribution in [0.1, 0.15) is 94.8 Å². The highest BCUT2D eigenvalue weighted by Crippen LogP contribution is 2.25. The average Bonchev–Trinajstić information content (AvgIpc) is 3.00. The molecule has 0 saturated carbocycles. The maximum absolute atomic E-state index is 14.1. The summed E-state index contributed by atoms with van der Waals surface area (Å²) in [5.41, 5.74) is 2.33. The molecule has 220 valence electrons. The van der Waals surface area contributed by atoms with Crippen LogP contribution < -0.4 is 14.2 Å². The van der Waals surface area contributed by atoms with Gasteiger partial charge in [0, 0.05) is 0 Å². The lowest BCUT2D eigenvalue weighted by atomic mass is 10.1. The predicted octanol–water partition coefficient (Wildman–Crippen LogP) is 9.53. The first-order valence-electron chi connectivity index (χ1n) is 15.0. The molecule has 41 heavy (non-hydrogen) atoms. The van der Waals surface area contributed by atoms with Crippen molar-refractivity contribution in [1.29, 1.82) is 0 Å². The Morgan fingerprint density at radius 1 is 0.610 bits per heavy atom. The number of benzene rings is 3. The molecule has 5 nitrogen and oxygen atoms in total. The molecule has 0 aromatic heterocycles. The van der Waals surface area contributed by atoms with Gasteiger partial charge in [0.2, 0.25) is 0 Å². The first-order chi connectivity index (χ1) is 20.0. The lowest BCUT2D eigenvalue weighted by Crippen LogP contribution is -2.21. The third-order valence-corrected chi connectivity index (χ3v) is 6.89. The predicted molar refractivity (Wildman–Crippen MR) is 161 cm³/mol. The van der Waals surface area contributed by atoms with Crippen molar-refractivity contribution in [3.05, 3.63) is 78.4 Å². The van der Waals surface area contributed by atoms with Crippen LogP contribution in [0.15, 0.2) is 72.8 Å². The second kappa shape index (κ2) is 17.9. The summed E-state index contributed by atoms with van der Waals surface area (Å²) in [7, 11) is 0. The van der Waals surface area contributed by atoms with E-state index in [0.29, 0.717) is 17.7 Å². The highest BCUT2D eigenvalue weighted by molar-refractivity contribution is 5.91. The van der Waals surface area contributed by atoms with E-state index >= 15 is 0 Å². The maximum Gasteiger partial charge on any atom is 0.346 e. The fourth-order valence-electron chi connectivity index (χ4n) is 4.40. The summed E-state index contributed by atoms with van der Waals surface area (Å²) >= 11 is 0. The van der Waals surface area contributed by atoms with E-state index in [1.807, 2.05) is 36.4 Å². The smallest absolute Gasteiger partial charge is 0.346 e. The van der Waals surface area contributed by atoms with Gasteiger partial charge < -0.3 is 14.2 Å². The fourth-order valence-corrected chi connectivity index (χ4v) is 4.40. The van der Waals surface area contributed by atoms with Crippen LogP contribution in [0.5, 0.6) is 17.2 Å². The number of rotatable bonds is 18. The van der Waals surface area contributed by atoms with E-state index in [9.17, 15) is 14.0 Å². The number of alkyl halides is 1. The number of ether oxygens (including phenoxy) is 3. The SMILES string of the molecule is CCCCCCCCOc1ccc(-c2ccc(OC(=O)c3ccc(OC(=O)[C@@H](F)CCCCCC)cc3)cc2)cc1. The molecule has 0 spiro atoms. The van der Waals surface area contributed by atoms with Gasteiger partial charge in [0.05, 0.1) is 12.2 Å². The van der Waals surface area contributed by atoms with Crippen LogP contribution in [0.2, 0.25) is 0 Å². The van der Waals surface area contributed by atoms with Gasteiger partial charge in [-0.05, 0) is 78.9 Å². The molecule has 0 bridgehead atoms. The zero-order valence-corrected chi connectivity index (χ0v) is 24.4. The summed E-state index contributed by atoms with van der Waals surface area (Å²) in [4.78, 5) is 24.6. The molecule has 0 aliphatic carbocycles. The van der Waals surface area contributed by atoms with Gasteiger partial charge in [-0.3, -0.25) is 0 Å². The van der Waals surface area contributed by atoms with Gasteiger partial charge in [0.25, 0.3) is 0 Å². The van der Waals surface area contributed by atoms with Crippen LogP contribution in [0.3, 0.4) is 0 Å². The fraction of sp³-hybridized carbons (Fsp3) is 0.429. The standard InChI is InChI=1S/C35H43FO5/c1-3-5-7-9-10-12-26-39-30-20-14-27(15-21-30)28-16-22-31(23-17-28)40-34(37)29-18-24-32(25-19-29)41-35(38)33(36)13-11-8-6-4-2/h14-25,33H,3-13,26H2,1-2H3/t33-/m0/s1. The van der Waals surface area contributed by atoms with Crippen molar-refractivity contribution in [2.75, 3.05) is 6.61 Å². The number of carbonyl (C=O) groups excluding carboxylic acids is 2. The Hall–Kier alpha value is -3.67. The largest absolute Gasteiger partial charge is 0.494 e. The molecule has 6 heteroatoms. The minimum atomic E-state index is -1.65. The average molecular weight is 563 g/mol. The molecular weight excluding hydrogens is 519 g/mol. The van der Waals surface area contributed by atoms with E-state index in [1.165, 1.54) is 56.4 Å². The number of carbonyl (C=O) groups is 2. The van der Waals surface area contributed by atoms with Crippen molar-refractivity contribution in [2.45, 2.75) is 90.6 Å². The molecule has 3 aromatic rings. The number of hydrogen-bond acceptors (Lipinski definition) is 5. The zero-order valence-electron chi connectivity index (χ0n) is 24.4. The van der Waals surface area contributed by atoms with E-state index in [0.717, 1.165) is 49.2 Å². The lowest BCUT2D eigenvalue weighted by Gasteiger charge is -2.10. The number of hydrogen-bond donors (Lipinski definition) is 0. The summed E-state index contributed by atoms with van der Waals surface area (Å²) in [6.45, 7) is 5.03. The van der Waals surface area contributed by atoms with Crippen molar-refractivity contribution >= 4 is 11.9 Å². The highest BCUT2D eigenvalue weighted by atomic mass is 19.1. The zero-order chi connectivity index (χ0) is 29.3. The first kappa shape index (κ1) is 31.9. The molecule has 0 amide bonds. The van der Waals surface area contributed by atoms with Crippen LogP contribution in [0, 0.1) is 0 Å². The lowest BCUT2D eigenvalue weighted by molar-refractivity contribution is -0.140. The second-order valence-corrected chi connectivity index (χ2v) is 10.3. The number of unbranched alkanes of at least 4 members (excludes halogenated alkanes) is 8. The summed E-state index contributed by atoms with van der Waals surface area (Å²) in [6.07, 6.45) is 9.53. The van der Waals surface area contributed by atoms with Gasteiger partial charge in [-0.1, -0.05) is 89.5 Å². The third-order valence-electron chi connectivity index (χ3n) is 6.89. The molecular formula is C35H43FO5. The van der Waals surface area contributed by atoms with Crippen molar-refractivity contribution in [3.8, 4) is 28.4 Å². The molecule has 0 aliphatic heterocycles. The Labute approximate surface area is 244 Å². The van der Waals surface area contributed by atoms with Crippen molar-refractivity contribution in [3.63, 3.8) is 0 Å². The van der Waals surface area contributed by atoms with Gasteiger partial charge in [-0.15, -0.1) is 0 Å². The minimum Gasteiger partial charge on any atom is -0.494 e. The van der Waals surface area contributed by atoms with E-state index < -0.39 is 18.1 Å². The number of esters is 2. The van der Waals surface area contributed by atoms with E-state index in [2.05, 4.69) is 13.8 Å². The Kier molecular flexibility index (Phi) is 13.9. The molecule has 0 aliphatic rings. The third kappa shape index (κ3) is 11.4. The van der Waals surface area contributed by atoms with Crippen LogP contribution in [0.25, 0.3) is 11.1 Å². The van der Waals surface area contributed by atoms with Gasteiger partial charge in [0.15, 0.2) is 6.17 Å². The van der Waals surface area contributed by atoms with Gasteiger partial charge in [-0.2, -0.15) is 0 Å². The van der Waals surface area contributed by atoms with Crippen LogP contribution in [0.4, 0.5) is 4.39 Å². The molecule has 3 rings (SSSR count). The minimum absolute atomic E-state index is 0.154. The summed E-state index contributed by atoms with van der Waals surface area (Å²) in [5.74, 6) is 0.0111. The van der Waals surface area contributed by atoms with Crippen LogP contribution in [-0.2, 0) is 4.79 Å². The molecule has 1 atom stereocenters. The monoisotopic (exact) mass is 562 g/mol. The summed E-state index contributed by atoms with van der Waals surface area (Å²) < 4.78 is 30.5. The van der Waals surface area contributed by atoms with Crippen LogP contribution >= 0.6 is 0 Å². The van der Waals surface area contributed by atoms with Crippen molar-refractivity contribution < 1.29 is 28.2 Å². The molecule has 0 saturated heterocycles. The Morgan fingerprint density at radius 2 is 1.10 bits per heavy atom. The normalized spacial score (nSPS) is 11.6. The number of halogens is 1. The topological polar surface area (TPSA) is 61.8 Å². The second-order valence-electron chi connectivity index (χ2n) is 10.3. The molecule has 0 heterocycles. The summed E-state index contributed by atoms with van der Waals surface area (Å²) in [5, 5.41) is 0. The van der Waals surface area contributed by atoms with E-state index in [1.54, 1.807) is 12.1 Å². The molecule has 0 N–H and O–H groups in total. The Balaban J connectivity index is 1.43. The quantitative estimate of drug-likeness (QED) is 0.0878. The van der Waals surface area contributed by atoms with Crippen LogP contribution in [-0.4, -0.2) is 24.7 Å². The Morgan fingerprint density at radius 3 is 1.71 bits per heavy atom.